The summed E-state index contributed by atoms with van der Waals surface area (Å²) in [6.07, 6.45) is 0. The third-order valence-electron chi connectivity index (χ3n) is 18.8. The summed E-state index contributed by atoms with van der Waals surface area (Å²) in [6.45, 7) is 0. The van der Waals surface area contributed by atoms with Gasteiger partial charge in [0, 0.05) is 67.4 Å². The van der Waals surface area contributed by atoms with E-state index in [9.17, 15) is 10.5 Å². The van der Waals surface area contributed by atoms with Crippen LogP contribution in [0.1, 0.15) is 102 Å². The van der Waals surface area contributed by atoms with Gasteiger partial charge in [-0.1, -0.05) is 194 Å². The summed E-state index contributed by atoms with van der Waals surface area (Å²) < 4.78 is 2.47. The molecule has 0 saturated carbocycles. The van der Waals surface area contributed by atoms with Crippen LogP contribution in [0.15, 0.2) is 231 Å². The topological polar surface area (TPSA) is 55.2 Å². The lowest BCUT2D eigenvalue weighted by molar-refractivity contribution is 0.336. The van der Waals surface area contributed by atoms with Crippen LogP contribution >= 0.6 is 0 Å². The summed E-state index contributed by atoms with van der Waals surface area (Å²) in [5, 5.41) is 27.7. The fourth-order valence-corrected chi connectivity index (χ4v) is 16.3. The Balaban J connectivity index is 1.04. The van der Waals surface area contributed by atoms with E-state index in [4.69, 9.17) is 0 Å². The van der Waals surface area contributed by atoms with Gasteiger partial charge in [0.05, 0.1) is 51.2 Å². The van der Waals surface area contributed by atoms with E-state index in [2.05, 4.69) is 252 Å². The third kappa shape index (κ3) is 4.85. The normalized spacial score (nSPS) is 19.2. The lowest BCUT2D eigenvalue weighted by Crippen LogP contribution is -2.53. The van der Waals surface area contributed by atoms with Gasteiger partial charge in [0.25, 0.3) is 0 Å². The van der Waals surface area contributed by atoms with Gasteiger partial charge < -0.3 is 9.30 Å². The van der Waals surface area contributed by atoms with Crippen molar-refractivity contribution >= 4 is 55.2 Å². The molecular weight excluding hydrogens is 933 g/mol. The Morgan fingerprint density at radius 2 is 0.844 bits per heavy atom. The molecule has 0 radical (unpaired) electrons. The van der Waals surface area contributed by atoms with Crippen molar-refractivity contribution in [1.82, 2.24) is 4.40 Å². The van der Waals surface area contributed by atoms with Gasteiger partial charge in [-0.2, -0.15) is 10.5 Å². The van der Waals surface area contributed by atoms with Crippen molar-refractivity contribution in [3.05, 3.63) is 308 Å². The van der Waals surface area contributed by atoms with Crippen molar-refractivity contribution < 1.29 is 0 Å². The van der Waals surface area contributed by atoms with Crippen LogP contribution in [0.2, 0.25) is 0 Å². The Morgan fingerprint density at radius 1 is 0.403 bits per heavy atom. The molecule has 13 aromatic rings. The van der Waals surface area contributed by atoms with Crippen molar-refractivity contribution in [3.8, 4) is 34.4 Å². The molecule has 0 aliphatic heterocycles. The van der Waals surface area contributed by atoms with Crippen LogP contribution in [0.4, 0.5) is 17.1 Å². The molecule has 0 saturated heterocycles. The number of rotatable bonds is 5. The van der Waals surface area contributed by atoms with Gasteiger partial charge in [-0.15, -0.1) is 0 Å². The van der Waals surface area contributed by atoms with Gasteiger partial charge >= 0.3 is 0 Å². The lowest BCUT2D eigenvalue weighted by Gasteiger charge is -2.59. The van der Waals surface area contributed by atoms with E-state index in [1.165, 1.54) is 66.4 Å². The van der Waals surface area contributed by atoms with Crippen LogP contribution in [-0.2, 0) is 5.41 Å². The number of benzene rings is 11. The van der Waals surface area contributed by atoms with E-state index in [0.717, 1.165) is 83.3 Å². The molecule has 2 bridgehead atoms. The van der Waals surface area contributed by atoms with Crippen LogP contribution in [0.5, 0.6) is 0 Å². The van der Waals surface area contributed by atoms with E-state index >= 15 is 0 Å². The first-order valence-electron chi connectivity index (χ1n) is 26.8. The highest BCUT2D eigenvalue weighted by Gasteiger charge is 2.70. The molecule has 6 aliphatic carbocycles. The quantitative estimate of drug-likeness (QED) is 0.173. The molecule has 6 aliphatic rings. The number of hydrogen-bond donors (Lipinski definition) is 0. The van der Waals surface area contributed by atoms with Gasteiger partial charge in [-0.3, -0.25) is 0 Å². The molecule has 1 spiro atoms. The minimum atomic E-state index is -0.336. The summed E-state index contributed by atoms with van der Waals surface area (Å²) in [4.78, 5) is 2.51. The predicted octanol–water partition coefficient (Wildman–Crippen LogP) is 17.3. The second-order valence-corrected chi connectivity index (χ2v) is 21.9. The summed E-state index contributed by atoms with van der Waals surface area (Å²) in [7, 11) is 0. The minimum Gasteiger partial charge on any atom is -0.309 e. The van der Waals surface area contributed by atoms with Crippen LogP contribution < -0.4 is 4.90 Å². The van der Waals surface area contributed by atoms with Crippen LogP contribution in [0.25, 0.3) is 60.3 Å². The monoisotopic (exact) mass is 974 g/mol. The van der Waals surface area contributed by atoms with Gasteiger partial charge in [0.2, 0.25) is 0 Å². The number of fused-ring (bicyclic) bond motifs is 14. The molecule has 354 valence electrons. The summed E-state index contributed by atoms with van der Waals surface area (Å²) in [5.74, 6) is 0.0437. The standard InChI is InChI=1S/C73H42N4/c74-39-43-35-60-66(68-62(43)64-48-25-7-9-27-50(48)65(68)51-28-10-8-26-49(51)64)55-37-45(76(58-33-17-14-23-46(58)41-19-3-1-4-20-41)59-34-18-15-24-47(59)42-21-5-2-6-22-42)38-56-67-61(77(60)72(55)56)36-44(40-75)63-70-53-30-12-11-29-52(53)69-54-31-13-16-32-57(54)73(69,70)71(63)67/h1-38,64-65,69-70H. The molecule has 3 unspecified atom stereocenters. The maximum atomic E-state index is 11.5. The number of nitriles is 2. The number of hydrogen-bond acceptors (Lipinski definition) is 3. The first kappa shape index (κ1) is 41.4. The minimum absolute atomic E-state index is 0.0591. The van der Waals surface area contributed by atoms with Crippen LogP contribution in [0, 0.1) is 22.7 Å². The SMILES string of the molecule is N#Cc1cc2c(c3c1C1c4ccccc4C3c3ccccc31)c1cc(N(c3ccccc3-c3ccccc3)c3ccccc3-c3ccccc3)cc3c4c5c(c(C#N)cc4n2c13)C1c2ccccc2C2c3ccccc3C521. The molecule has 2 heterocycles. The van der Waals surface area contributed by atoms with Crippen molar-refractivity contribution in [1.29, 1.82) is 10.5 Å². The summed E-state index contributed by atoms with van der Waals surface area (Å²) in [5.41, 5.74) is 27.4. The highest BCUT2D eigenvalue weighted by molar-refractivity contribution is 6.27. The maximum Gasteiger partial charge on any atom is 0.0995 e. The predicted molar refractivity (Wildman–Crippen MR) is 308 cm³/mol. The van der Waals surface area contributed by atoms with Crippen LogP contribution in [0.3, 0.4) is 0 Å². The second kappa shape index (κ2) is 14.6. The molecule has 77 heavy (non-hydrogen) atoms. The van der Waals surface area contributed by atoms with Gasteiger partial charge in [0.1, 0.15) is 0 Å². The molecule has 3 atom stereocenters. The van der Waals surface area contributed by atoms with Crippen molar-refractivity contribution in [2.24, 2.45) is 0 Å². The van der Waals surface area contributed by atoms with E-state index in [1.807, 2.05) is 0 Å². The number of aromatic nitrogens is 1. The number of nitrogens with zero attached hydrogens (tertiary/aromatic N) is 4. The summed E-state index contributed by atoms with van der Waals surface area (Å²) in [6, 6.07) is 90.1. The summed E-state index contributed by atoms with van der Waals surface area (Å²) >= 11 is 0. The highest BCUT2D eigenvalue weighted by Crippen LogP contribution is 2.79. The Kier molecular flexibility index (Phi) is 7.87. The van der Waals surface area contributed by atoms with Crippen molar-refractivity contribution in [2.45, 2.75) is 29.1 Å². The van der Waals surface area contributed by atoms with Gasteiger partial charge in [-0.25, -0.2) is 0 Å². The number of anilines is 3. The van der Waals surface area contributed by atoms with Crippen molar-refractivity contribution in [2.75, 3.05) is 4.90 Å². The van der Waals surface area contributed by atoms with Crippen molar-refractivity contribution in [3.63, 3.8) is 0 Å². The number of para-hydroxylation sites is 2. The van der Waals surface area contributed by atoms with Gasteiger partial charge in [-0.05, 0) is 114 Å². The third-order valence-corrected chi connectivity index (χ3v) is 18.8. The fraction of sp³-hybridized carbons (Fsp3) is 0.0685. The Hall–Kier alpha value is -10.0. The Morgan fingerprint density at radius 3 is 1.42 bits per heavy atom. The molecule has 4 nitrogen and oxygen atoms in total. The Bertz CT molecular complexity index is 4750. The largest absolute Gasteiger partial charge is 0.309 e. The van der Waals surface area contributed by atoms with Gasteiger partial charge in [0.15, 0.2) is 0 Å². The Labute approximate surface area is 444 Å². The highest BCUT2D eigenvalue weighted by atomic mass is 15.1. The van der Waals surface area contributed by atoms with E-state index in [-0.39, 0.29) is 29.1 Å². The zero-order valence-electron chi connectivity index (χ0n) is 41.5. The lowest BCUT2D eigenvalue weighted by atomic mass is 9.42. The zero-order valence-corrected chi connectivity index (χ0v) is 41.5. The van der Waals surface area contributed by atoms with Crippen LogP contribution in [-0.4, -0.2) is 4.40 Å². The molecular formula is C73H42N4. The molecule has 11 aromatic carbocycles. The fourth-order valence-electron chi connectivity index (χ4n) is 16.3. The van der Waals surface area contributed by atoms with E-state index in [1.54, 1.807) is 0 Å². The second-order valence-electron chi connectivity index (χ2n) is 21.9. The van der Waals surface area contributed by atoms with E-state index in [0.29, 0.717) is 5.56 Å². The molecule has 0 N–H and O–H groups in total. The molecule has 2 aromatic heterocycles. The zero-order chi connectivity index (χ0) is 50.4. The first-order chi connectivity index (χ1) is 38.2. The molecule has 0 fully saturated rings. The molecule has 19 rings (SSSR count). The average Bonchev–Trinajstić information content (AvgIpc) is 4.24. The first-order valence-corrected chi connectivity index (χ1v) is 26.8. The smallest absolute Gasteiger partial charge is 0.0995 e. The van der Waals surface area contributed by atoms with E-state index < -0.39 is 0 Å². The molecule has 4 heteroatoms. The molecule has 0 amide bonds. The maximum absolute atomic E-state index is 11.5. The average molecular weight is 975 g/mol.